The number of amides is 2. The number of nitrogens with one attached hydrogen (secondary N) is 1. The lowest BCUT2D eigenvalue weighted by molar-refractivity contribution is -0.140. The van der Waals surface area contributed by atoms with Crippen LogP contribution in [0.5, 0.6) is 5.75 Å². The predicted octanol–water partition coefficient (Wildman–Crippen LogP) is 7.59. The van der Waals surface area contributed by atoms with Crippen molar-refractivity contribution in [3.05, 3.63) is 124 Å². The highest BCUT2D eigenvalue weighted by Gasteiger charge is 2.35. The van der Waals surface area contributed by atoms with E-state index in [9.17, 15) is 18.0 Å². The van der Waals surface area contributed by atoms with Crippen molar-refractivity contribution in [3.8, 4) is 5.75 Å². The lowest BCUT2D eigenvalue weighted by atomic mass is 9.94. The number of rotatable bonds is 13. The van der Waals surface area contributed by atoms with Gasteiger partial charge in [0.2, 0.25) is 11.8 Å². The topological polar surface area (TPSA) is 96.0 Å². The normalized spacial score (nSPS) is 14.1. The van der Waals surface area contributed by atoms with Crippen molar-refractivity contribution in [2.75, 3.05) is 18.0 Å². The van der Waals surface area contributed by atoms with Gasteiger partial charge in [-0.3, -0.25) is 13.9 Å². The molecule has 49 heavy (non-hydrogen) atoms. The second kappa shape index (κ2) is 16.6. The molecule has 258 valence electrons. The van der Waals surface area contributed by atoms with Crippen LogP contribution in [0.3, 0.4) is 0 Å². The summed E-state index contributed by atoms with van der Waals surface area (Å²) in [6.45, 7) is 1.34. The molecule has 0 spiro atoms. The molecular weight excluding hydrogens is 681 g/mol. The van der Waals surface area contributed by atoms with Crippen molar-refractivity contribution in [2.45, 2.75) is 69.0 Å². The fourth-order valence-corrected chi connectivity index (χ4v) is 7.78. The summed E-state index contributed by atoms with van der Waals surface area (Å²) in [5, 5.41) is 3.88. The molecule has 11 heteroatoms. The highest BCUT2D eigenvalue weighted by Crippen LogP contribution is 2.28. The molecule has 1 aliphatic rings. The second-order valence-corrected chi connectivity index (χ2v) is 15.0. The Morgan fingerprint density at radius 3 is 2.16 bits per heavy atom. The number of aryl methyl sites for hydroxylation is 1. The third-order valence-electron chi connectivity index (χ3n) is 8.81. The zero-order valence-electron chi connectivity index (χ0n) is 27.6. The van der Waals surface area contributed by atoms with Crippen molar-refractivity contribution in [1.82, 2.24) is 10.2 Å². The molecule has 1 saturated carbocycles. The van der Waals surface area contributed by atoms with Gasteiger partial charge in [0.15, 0.2) is 0 Å². The van der Waals surface area contributed by atoms with Crippen LogP contribution < -0.4 is 14.4 Å². The van der Waals surface area contributed by atoms with Crippen molar-refractivity contribution in [2.24, 2.45) is 0 Å². The highest BCUT2D eigenvalue weighted by molar-refractivity contribution is 7.92. The van der Waals surface area contributed by atoms with E-state index < -0.39 is 28.5 Å². The van der Waals surface area contributed by atoms with Gasteiger partial charge >= 0.3 is 0 Å². The number of hydrogen-bond acceptors (Lipinski definition) is 5. The van der Waals surface area contributed by atoms with Crippen LogP contribution >= 0.6 is 23.2 Å². The molecule has 0 saturated heterocycles. The number of halogens is 2. The minimum atomic E-state index is -4.24. The number of methoxy groups -OCH3 is 1. The Labute approximate surface area is 299 Å². The number of carbonyl (C=O) groups excluding carboxylic acids is 2. The molecule has 0 heterocycles. The lowest BCUT2D eigenvalue weighted by Gasteiger charge is -2.35. The van der Waals surface area contributed by atoms with Crippen LogP contribution in [0, 0.1) is 6.92 Å². The van der Waals surface area contributed by atoms with Crippen LogP contribution in [0.2, 0.25) is 10.0 Å². The number of sulfonamides is 1. The van der Waals surface area contributed by atoms with E-state index in [1.165, 1.54) is 24.1 Å². The van der Waals surface area contributed by atoms with Gasteiger partial charge in [-0.1, -0.05) is 96.6 Å². The Morgan fingerprint density at radius 2 is 1.53 bits per heavy atom. The summed E-state index contributed by atoms with van der Waals surface area (Å²) in [5.41, 5.74) is 2.75. The van der Waals surface area contributed by atoms with Crippen molar-refractivity contribution < 1.29 is 22.7 Å². The molecule has 1 atom stereocenters. The molecule has 0 aliphatic heterocycles. The van der Waals surface area contributed by atoms with Crippen molar-refractivity contribution in [3.63, 3.8) is 0 Å². The average molecular weight is 723 g/mol. The van der Waals surface area contributed by atoms with Gasteiger partial charge in [0, 0.05) is 19.0 Å². The third-order valence-corrected chi connectivity index (χ3v) is 11.3. The largest absolute Gasteiger partial charge is 0.497 e. The van der Waals surface area contributed by atoms with Gasteiger partial charge in [0.05, 0.1) is 27.7 Å². The first kappa shape index (κ1) is 36.2. The molecule has 1 aliphatic carbocycles. The predicted molar refractivity (Wildman–Crippen MR) is 195 cm³/mol. The third kappa shape index (κ3) is 9.35. The first-order valence-corrected chi connectivity index (χ1v) is 18.6. The van der Waals surface area contributed by atoms with Crippen molar-refractivity contribution >= 4 is 50.7 Å². The number of benzene rings is 4. The Morgan fingerprint density at radius 1 is 0.857 bits per heavy atom. The maximum atomic E-state index is 14.7. The summed E-state index contributed by atoms with van der Waals surface area (Å²) < 4.78 is 34.9. The van der Waals surface area contributed by atoms with Crippen LogP contribution in [0.25, 0.3) is 0 Å². The molecule has 1 N–H and O–H groups in total. The fourth-order valence-electron chi connectivity index (χ4n) is 6.05. The van der Waals surface area contributed by atoms with Crippen LogP contribution in [0.4, 0.5) is 5.69 Å². The lowest BCUT2D eigenvalue weighted by Crippen LogP contribution is -2.55. The van der Waals surface area contributed by atoms with Crippen LogP contribution in [-0.2, 0) is 32.6 Å². The Kier molecular flexibility index (Phi) is 12.3. The van der Waals surface area contributed by atoms with E-state index >= 15 is 0 Å². The minimum Gasteiger partial charge on any atom is -0.497 e. The number of nitrogens with zero attached hydrogens (tertiary/aromatic N) is 2. The number of hydrogen-bond donors (Lipinski definition) is 1. The quantitative estimate of drug-likeness (QED) is 0.154. The number of anilines is 1. The highest BCUT2D eigenvalue weighted by atomic mass is 35.5. The van der Waals surface area contributed by atoms with Gasteiger partial charge in [0.25, 0.3) is 10.0 Å². The Bertz CT molecular complexity index is 1830. The zero-order chi connectivity index (χ0) is 35.0. The summed E-state index contributed by atoms with van der Waals surface area (Å²) in [4.78, 5) is 30.4. The molecule has 4 aromatic carbocycles. The van der Waals surface area contributed by atoms with Crippen LogP contribution in [0.15, 0.2) is 102 Å². The zero-order valence-corrected chi connectivity index (χ0v) is 30.0. The second-order valence-electron chi connectivity index (χ2n) is 12.3. The summed E-state index contributed by atoms with van der Waals surface area (Å²) in [6, 6.07) is 26.5. The molecule has 2 amide bonds. The first-order valence-electron chi connectivity index (χ1n) is 16.4. The van der Waals surface area contributed by atoms with E-state index in [-0.39, 0.29) is 29.8 Å². The standard InChI is InChI=1S/C38H41Cl2N3O5S/c1-27-13-16-31(17-14-27)43(49(46,47)33-20-18-32(48-2)19-21-33)26-37(44)42(25-29-15-22-34(39)35(40)23-29)36(24-28-9-5-3-6-10-28)38(45)41-30-11-7-4-8-12-30/h3,5-6,9-10,13-23,30,36H,4,7-8,11-12,24-26H2,1-2H3,(H,41,45)/t36-/m1/s1. The van der Waals surface area contributed by atoms with Gasteiger partial charge in [0.1, 0.15) is 18.3 Å². The first-order chi connectivity index (χ1) is 23.5. The maximum Gasteiger partial charge on any atom is 0.264 e. The van der Waals surface area contributed by atoms with E-state index in [0.29, 0.717) is 27.0 Å². The van der Waals surface area contributed by atoms with Gasteiger partial charge in [-0.25, -0.2) is 8.42 Å². The molecule has 8 nitrogen and oxygen atoms in total. The van der Waals surface area contributed by atoms with E-state index in [2.05, 4.69) is 5.32 Å². The Balaban J connectivity index is 1.57. The van der Waals surface area contributed by atoms with Crippen LogP contribution in [-0.4, -0.2) is 50.9 Å². The van der Waals surface area contributed by atoms with Gasteiger partial charge in [-0.15, -0.1) is 0 Å². The van der Waals surface area contributed by atoms with Gasteiger partial charge < -0.3 is 15.0 Å². The van der Waals surface area contributed by atoms with E-state index in [1.54, 1.807) is 54.6 Å². The van der Waals surface area contributed by atoms with E-state index in [4.69, 9.17) is 27.9 Å². The molecule has 1 fully saturated rings. The minimum absolute atomic E-state index is 0.000887. The monoisotopic (exact) mass is 721 g/mol. The molecule has 0 aromatic heterocycles. The molecule has 4 aromatic rings. The molecule has 0 unspecified atom stereocenters. The van der Waals surface area contributed by atoms with Crippen molar-refractivity contribution in [1.29, 1.82) is 0 Å². The average Bonchev–Trinajstić information content (AvgIpc) is 3.11. The molecular formula is C38H41Cl2N3O5S. The summed E-state index contributed by atoms with van der Waals surface area (Å²) in [5.74, 6) is -0.343. The van der Waals surface area contributed by atoms with Crippen LogP contribution in [0.1, 0.15) is 48.8 Å². The van der Waals surface area contributed by atoms with Gasteiger partial charge in [-0.05, 0) is 79.4 Å². The SMILES string of the molecule is COc1ccc(S(=O)(=O)N(CC(=O)N(Cc2ccc(Cl)c(Cl)c2)[C@H](Cc2ccccc2)C(=O)NC2CCCCC2)c2ccc(C)cc2)cc1. The molecule has 5 rings (SSSR count). The maximum absolute atomic E-state index is 14.7. The molecule has 0 bridgehead atoms. The summed E-state index contributed by atoms with van der Waals surface area (Å²) in [6.07, 6.45) is 5.13. The number of carbonyl (C=O) groups is 2. The van der Waals surface area contributed by atoms with E-state index in [0.717, 1.165) is 47.5 Å². The number of ether oxygens (including phenoxy) is 1. The van der Waals surface area contributed by atoms with E-state index in [1.807, 2.05) is 37.3 Å². The fraction of sp³-hybridized carbons (Fsp3) is 0.316. The summed E-state index contributed by atoms with van der Waals surface area (Å²) in [7, 11) is -2.74. The smallest absolute Gasteiger partial charge is 0.264 e. The van der Waals surface area contributed by atoms with Gasteiger partial charge in [-0.2, -0.15) is 0 Å². The summed E-state index contributed by atoms with van der Waals surface area (Å²) >= 11 is 12.6. The Hall–Kier alpha value is -4.05. The molecule has 0 radical (unpaired) electrons.